The summed E-state index contributed by atoms with van der Waals surface area (Å²) in [4.78, 5) is 25.0. The first-order valence-corrected chi connectivity index (χ1v) is 7.50. The van der Waals surface area contributed by atoms with Crippen molar-refractivity contribution in [2.24, 2.45) is 0 Å². The molecule has 1 heterocycles. The number of nitrogens with zero attached hydrogens (tertiary/aromatic N) is 1. The third-order valence-electron chi connectivity index (χ3n) is 3.82. The quantitative estimate of drug-likeness (QED) is 0.856. The Morgan fingerprint density at radius 1 is 1.29 bits per heavy atom. The minimum Gasteiger partial charge on any atom is -0.483 e. The molecule has 1 aromatic carbocycles. The van der Waals surface area contributed by atoms with Gasteiger partial charge in [-0.2, -0.15) is 0 Å². The predicted molar refractivity (Wildman–Crippen MR) is 81.6 cm³/mol. The van der Waals surface area contributed by atoms with Gasteiger partial charge in [0.25, 0.3) is 5.91 Å². The summed E-state index contributed by atoms with van der Waals surface area (Å²) in [5.41, 5.74) is 2.23. The van der Waals surface area contributed by atoms with E-state index < -0.39 is 0 Å². The van der Waals surface area contributed by atoms with Crippen LogP contribution < -0.4 is 4.74 Å². The molecule has 0 radical (unpaired) electrons. The Kier molecular flexibility index (Phi) is 4.99. The molecule has 1 aromatic rings. The smallest absolute Gasteiger partial charge is 0.260 e. The van der Waals surface area contributed by atoms with E-state index in [9.17, 15) is 9.59 Å². The van der Waals surface area contributed by atoms with Crippen LogP contribution in [0.3, 0.4) is 0 Å². The number of likely N-dealkylation sites (tertiary alicyclic amines) is 1. The Bertz CT molecular complexity index is 527. The Morgan fingerprint density at radius 2 is 1.95 bits per heavy atom. The van der Waals surface area contributed by atoms with Crippen molar-refractivity contribution >= 4 is 11.7 Å². The molecule has 0 atom stereocenters. The number of Topliss-reactive ketones (excluding diaryl/α,β-unsaturated/α-hetero) is 1. The van der Waals surface area contributed by atoms with E-state index in [1.165, 1.54) is 0 Å². The van der Waals surface area contributed by atoms with Crippen LogP contribution in [-0.4, -0.2) is 36.3 Å². The molecular weight excluding hydrogens is 266 g/mol. The fourth-order valence-corrected chi connectivity index (χ4v) is 2.48. The predicted octanol–water partition coefficient (Wildman–Crippen LogP) is 2.69. The van der Waals surface area contributed by atoms with Crippen molar-refractivity contribution in [3.8, 4) is 5.75 Å². The molecule has 21 heavy (non-hydrogen) atoms. The Balaban J connectivity index is 1.98. The number of rotatable bonds is 4. The molecule has 2 rings (SSSR count). The molecule has 0 N–H and O–H groups in total. The minimum absolute atomic E-state index is 0.0391. The zero-order valence-corrected chi connectivity index (χ0v) is 13.0. The number of amides is 1. The first-order valence-electron chi connectivity index (χ1n) is 7.50. The van der Waals surface area contributed by atoms with E-state index in [0.29, 0.717) is 31.8 Å². The number of hydrogen-bond donors (Lipinski definition) is 0. The maximum absolute atomic E-state index is 12.1. The van der Waals surface area contributed by atoms with E-state index in [0.717, 1.165) is 16.9 Å². The lowest BCUT2D eigenvalue weighted by Crippen LogP contribution is -2.41. The summed E-state index contributed by atoms with van der Waals surface area (Å²) < 4.78 is 5.74. The first-order chi connectivity index (χ1) is 9.97. The van der Waals surface area contributed by atoms with Crippen LogP contribution in [0, 0.1) is 6.92 Å². The number of benzene rings is 1. The Hall–Kier alpha value is -1.84. The van der Waals surface area contributed by atoms with Gasteiger partial charge in [-0.3, -0.25) is 9.59 Å². The summed E-state index contributed by atoms with van der Waals surface area (Å²) in [5, 5.41) is 0. The van der Waals surface area contributed by atoms with Crippen LogP contribution in [0.2, 0.25) is 0 Å². The van der Waals surface area contributed by atoms with E-state index >= 15 is 0 Å². The Labute approximate surface area is 126 Å². The molecule has 0 saturated carbocycles. The highest BCUT2D eigenvalue weighted by Gasteiger charge is 2.21. The third kappa shape index (κ3) is 4.06. The number of hydrogen-bond acceptors (Lipinski definition) is 3. The largest absolute Gasteiger partial charge is 0.483 e. The van der Waals surface area contributed by atoms with Gasteiger partial charge in [-0.25, -0.2) is 0 Å². The van der Waals surface area contributed by atoms with Crippen molar-refractivity contribution in [1.82, 2.24) is 4.90 Å². The molecule has 1 aliphatic rings. The van der Waals surface area contributed by atoms with Crippen molar-refractivity contribution < 1.29 is 14.3 Å². The summed E-state index contributed by atoms with van der Waals surface area (Å²) in [6, 6.07) is 6.09. The maximum Gasteiger partial charge on any atom is 0.260 e. The average molecular weight is 289 g/mol. The third-order valence-corrected chi connectivity index (χ3v) is 3.82. The molecule has 0 spiro atoms. The second-order valence-electron chi connectivity index (χ2n) is 5.90. The molecule has 1 amide bonds. The summed E-state index contributed by atoms with van der Waals surface area (Å²) in [6.07, 6.45) is 0.931. The molecular formula is C17H23NO3. The van der Waals surface area contributed by atoms with Crippen molar-refractivity contribution in [1.29, 1.82) is 0 Å². The molecule has 0 aliphatic carbocycles. The second kappa shape index (κ2) is 6.74. The molecule has 1 saturated heterocycles. The number of piperidine rings is 1. The zero-order valence-electron chi connectivity index (χ0n) is 13.0. The zero-order chi connectivity index (χ0) is 15.4. The molecule has 1 aliphatic heterocycles. The van der Waals surface area contributed by atoms with Crippen LogP contribution in [0.25, 0.3) is 0 Å². The normalized spacial score (nSPS) is 15.4. The lowest BCUT2D eigenvalue weighted by Gasteiger charge is -2.26. The van der Waals surface area contributed by atoms with Gasteiger partial charge in [0.1, 0.15) is 11.5 Å². The van der Waals surface area contributed by atoms with Crippen LogP contribution in [0.1, 0.15) is 43.7 Å². The lowest BCUT2D eigenvalue weighted by atomic mass is 10.0. The van der Waals surface area contributed by atoms with Crippen LogP contribution in [0.5, 0.6) is 5.75 Å². The highest BCUT2D eigenvalue weighted by Crippen LogP contribution is 2.27. The van der Waals surface area contributed by atoms with E-state index in [4.69, 9.17) is 4.74 Å². The summed E-state index contributed by atoms with van der Waals surface area (Å²) in [5.74, 6) is 1.33. The van der Waals surface area contributed by atoms with Crippen LogP contribution >= 0.6 is 0 Å². The Morgan fingerprint density at radius 3 is 2.57 bits per heavy atom. The number of carbonyl (C=O) groups excluding carboxylic acids is 2. The number of ether oxygens (including phenoxy) is 1. The van der Waals surface area contributed by atoms with Crippen LogP contribution in [-0.2, 0) is 9.59 Å². The highest BCUT2D eigenvalue weighted by atomic mass is 16.5. The van der Waals surface area contributed by atoms with Gasteiger partial charge in [-0.05, 0) is 30.0 Å². The molecule has 0 aromatic heterocycles. The van der Waals surface area contributed by atoms with Crippen molar-refractivity contribution in [3.05, 3.63) is 29.3 Å². The van der Waals surface area contributed by atoms with Crippen molar-refractivity contribution in [2.75, 3.05) is 19.7 Å². The number of aryl methyl sites for hydroxylation is 1. The van der Waals surface area contributed by atoms with Gasteiger partial charge < -0.3 is 9.64 Å². The van der Waals surface area contributed by atoms with E-state index in [2.05, 4.69) is 26.0 Å². The molecule has 0 bridgehead atoms. The summed E-state index contributed by atoms with van der Waals surface area (Å²) in [6.45, 7) is 7.30. The summed E-state index contributed by atoms with van der Waals surface area (Å²) >= 11 is 0. The molecule has 1 fully saturated rings. The topological polar surface area (TPSA) is 46.6 Å². The number of ketones is 1. The van der Waals surface area contributed by atoms with Crippen LogP contribution in [0.15, 0.2) is 18.2 Å². The molecule has 114 valence electrons. The standard InChI is InChI=1S/C17H23NO3/c1-12(2)15-5-4-13(3)10-16(15)21-11-17(20)18-8-6-14(19)7-9-18/h4-5,10,12H,6-9,11H2,1-3H3. The fraction of sp³-hybridized carbons (Fsp3) is 0.529. The lowest BCUT2D eigenvalue weighted by molar-refractivity contribution is -0.136. The minimum atomic E-state index is -0.0429. The SMILES string of the molecule is Cc1ccc(C(C)C)c(OCC(=O)N2CCC(=O)CC2)c1. The fourth-order valence-electron chi connectivity index (χ4n) is 2.48. The van der Waals surface area contributed by atoms with Gasteiger partial charge in [-0.15, -0.1) is 0 Å². The van der Waals surface area contributed by atoms with Gasteiger partial charge in [0.05, 0.1) is 0 Å². The van der Waals surface area contributed by atoms with Gasteiger partial charge in [0, 0.05) is 25.9 Å². The van der Waals surface area contributed by atoms with Gasteiger partial charge in [0.2, 0.25) is 0 Å². The number of carbonyl (C=O) groups is 2. The van der Waals surface area contributed by atoms with Gasteiger partial charge >= 0.3 is 0 Å². The van der Waals surface area contributed by atoms with Gasteiger partial charge in [0.15, 0.2) is 6.61 Å². The van der Waals surface area contributed by atoms with Gasteiger partial charge in [-0.1, -0.05) is 26.0 Å². The van der Waals surface area contributed by atoms with Crippen molar-refractivity contribution in [2.45, 2.75) is 39.5 Å². The van der Waals surface area contributed by atoms with E-state index in [-0.39, 0.29) is 18.3 Å². The van der Waals surface area contributed by atoms with Crippen LogP contribution in [0.4, 0.5) is 0 Å². The monoisotopic (exact) mass is 289 g/mol. The van der Waals surface area contributed by atoms with Crippen molar-refractivity contribution in [3.63, 3.8) is 0 Å². The first kappa shape index (κ1) is 15.5. The average Bonchev–Trinajstić information content (AvgIpc) is 2.45. The maximum atomic E-state index is 12.1. The summed E-state index contributed by atoms with van der Waals surface area (Å²) in [7, 11) is 0. The van der Waals surface area contributed by atoms with E-state index in [1.807, 2.05) is 13.0 Å². The molecule has 4 heteroatoms. The molecule has 4 nitrogen and oxygen atoms in total. The second-order valence-corrected chi connectivity index (χ2v) is 5.90. The molecule has 0 unspecified atom stereocenters. The highest BCUT2D eigenvalue weighted by molar-refractivity contribution is 5.84. The van der Waals surface area contributed by atoms with E-state index in [1.54, 1.807) is 4.90 Å².